The summed E-state index contributed by atoms with van der Waals surface area (Å²) in [6.45, 7) is 6.97. The summed E-state index contributed by atoms with van der Waals surface area (Å²) in [5.74, 6) is -2.81. The Morgan fingerprint density at radius 2 is 1.74 bits per heavy atom. The van der Waals surface area contributed by atoms with Crippen LogP contribution in [0.25, 0.3) is 0 Å². The number of carbonyl (C=O) groups excluding carboxylic acids is 5. The van der Waals surface area contributed by atoms with E-state index in [1.807, 2.05) is 6.92 Å². The molecule has 50 heavy (non-hydrogen) atoms. The zero-order valence-electron chi connectivity index (χ0n) is 29.8. The van der Waals surface area contributed by atoms with Gasteiger partial charge in [0.2, 0.25) is 11.6 Å². The highest BCUT2D eigenvalue weighted by Crippen LogP contribution is 2.29. The van der Waals surface area contributed by atoms with Gasteiger partial charge in [-0.05, 0) is 51.0 Å². The second kappa shape index (κ2) is 21.6. The average molecular weight is 767 g/mol. The van der Waals surface area contributed by atoms with Crippen molar-refractivity contribution in [1.29, 1.82) is 0 Å². The van der Waals surface area contributed by atoms with Crippen molar-refractivity contribution in [3.05, 3.63) is 58.5 Å². The molecule has 0 aromatic carbocycles. The maximum Gasteiger partial charge on any atom is 0.411 e. The van der Waals surface area contributed by atoms with Crippen LogP contribution in [0.1, 0.15) is 72.6 Å². The van der Waals surface area contributed by atoms with Crippen molar-refractivity contribution >= 4 is 45.6 Å². The van der Waals surface area contributed by atoms with E-state index < -0.39 is 60.0 Å². The van der Waals surface area contributed by atoms with Crippen LogP contribution in [0.4, 0.5) is 9.59 Å². The molecule has 0 fully saturated rings. The maximum absolute atomic E-state index is 13.8. The maximum atomic E-state index is 13.8. The Morgan fingerprint density at radius 1 is 1.06 bits per heavy atom. The molecular weight excluding hydrogens is 714 g/mol. The molecule has 14 heteroatoms. The van der Waals surface area contributed by atoms with Crippen molar-refractivity contribution in [2.75, 3.05) is 26.2 Å². The van der Waals surface area contributed by atoms with Crippen LogP contribution in [-0.2, 0) is 33.3 Å². The number of nitrogens with one attached hydrogen (secondary N) is 2. The van der Waals surface area contributed by atoms with Crippen LogP contribution >= 0.6 is 15.9 Å². The quantitative estimate of drug-likeness (QED) is 0.0980. The Balaban J connectivity index is 2.48. The molecule has 0 aromatic heterocycles. The SMILES string of the molecule is CO[C@H]1/C=C\C=C(/C)C(=O)NC2=CC(=O)C(NC(=O)OCCCCCCCBr)=C(C[C@@H](C)C[C@H](OC)[C@H](O)[C@@H](C)/C=C(\C)[C@@H]1OC(N)=O)C2=O. The Kier molecular flexibility index (Phi) is 18.4. The molecular formula is C36H52BrN3O10. The monoisotopic (exact) mass is 765 g/mol. The topological polar surface area (TPSA) is 193 Å². The van der Waals surface area contributed by atoms with Crippen molar-refractivity contribution < 1.29 is 48.0 Å². The molecule has 2 aliphatic rings. The van der Waals surface area contributed by atoms with Crippen LogP contribution in [0.5, 0.6) is 0 Å². The van der Waals surface area contributed by atoms with Crippen LogP contribution in [0.3, 0.4) is 0 Å². The smallest absolute Gasteiger partial charge is 0.411 e. The molecule has 0 spiro atoms. The summed E-state index contributed by atoms with van der Waals surface area (Å²) in [5, 5.41) is 17.3. The largest absolute Gasteiger partial charge is 0.449 e. The van der Waals surface area contributed by atoms with Gasteiger partial charge in [0.25, 0.3) is 5.91 Å². The van der Waals surface area contributed by atoms with E-state index >= 15 is 0 Å². The summed E-state index contributed by atoms with van der Waals surface area (Å²) in [6, 6.07) is 0. The lowest BCUT2D eigenvalue weighted by Gasteiger charge is -2.30. The third-order valence-electron chi connectivity index (χ3n) is 8.53. The number of methoxy groups -OCH3 is 2. The van der Waals surface area contributed by atoms with E-state index in [2.05, 4.69) is 26.6 Å². The lowest BCUT2D eigenvalue weighted by atomic mass is 9.85. The number of halogens is 1. The Bertz CT molecular complexity index is 1390. The number of allylic oxidation sites excluding steroid dienone is 4. The summed E-state index contributed by atoms with van der Waals surface area (Å²) in [7, 11) is 2.87. The van der Waals surface area contributed by atoms with Crippen LogP contribution in [0, 0.1) is 11.8 Å². The summed E-state index contributed by atoms with van der Waals surface area (Å²) in [6.07, 6.45) is 6.80. The molecule has 1 aliphatic carbocycles. The first-order chi connectivity index (χ1) is 23.7. The van der Waals surface area contributed by atoms with Gasteiger partial charge in [-0.2, -0.15) is 0 Å². The normalized spacial score (nSPS) is 28.4. The minimum Gasteiger partial charge on any atom is -0.449 e. The number of aliphatic hydroxyl groups is 1. The molecule has 0 unspecified atom stereocenters. The van der Waals surface area contributed by atoms with E-state index in [4.69, 9.17) is 24.7 Å². The van der Waals surface area contributed by atoms with Crippen LogP contribution < -0.4 is 16.4 Å². The molecule has 6 atom stereocenters. The number of nitrogens with two attached hydrogens (primary N) is 1. The zero-order valence-corrected chi connectivity index (χ0v) is 31.4. The number of amides is 3. The van der Waals surface area contributed by atoms with Crippen molar-refractivity contribution in [2.24, 2.45) is 17.6 Å². The van der Waals surface area contributed by atoms with Crippen molar-refractivity contribution in [3.63, 3.8) is 0 Å². The highest BCUT2D eigenvalue weighted by Gasteiger charge is 2.34. The van der Waals surface area contributed by atoms with Gasteiger partial charge in [0.05, 0.1) is 30.2 Å². The molecule has 0 saturated carbocycles. The van der Waals surface area contributed by atoms with E-state index in [-0.39, 0.29) is 47.9 Å². The highest BCUT2D eigenvalue weighted by molar-refractivity contribution is 9.09. The third kappa shape index (κ3) is 13.3. The first kappa shape index (κ1) is 42.6. The van der Waals surface area contributed by atoms with Gasteiger partial charge in [0.15, 0.2) is 6.10 Å². The summed E-state index contributed by atoms with van der Waals surface area (Å²) in [4.78, 5) is 64.9. The first-order valence-corrected chi connectivity index (χ1v) is 17.9. The van der Waals surface area contributed by atoms with Crippen LogP contribution in [0.2, 0.25) is 0 Å². The van der Waals surface area contributed by atoms with Gasteiger partial charge >= 0.3 is 12.2 Å². The van der Waals surface area contributed by atoms with Gasteiger partial charge in [-0.1, -0.05) is 73.3 Å². The minimum atomic E-state index is -1.03. The van der Waals surface area contributed by atoms with Gasteiger partial charge in [-0.3, -0.25) is 19.7 Å². The number of Topliss-reactive ketones (excluding diaryl/α,β-unsaturated/α-hetero) is 1. The fourth-order valence-corrected chi connectivity index (χ4v) is 6.15. The van der Waals surface area contributed by atoms with Crippen molar-refractivity contribution in [3.8, 4) is 0 Å². The molecule has 2 rings (SSSR count). The fourth-order valence-electron chi connectivity index (χ4n) is 5.75. The number of primary amides is 1. The number of ketones is 2. The summed E-state index contributed by atoms with van der Waals surface area (Å²) < 4.78 is 21.9. The summed E-state index contributed by atoms with van der Waals surface area (Å²) >= 11 is 3.40. The molecule has 3 amide bonds. The number of hydrogen-bond donors (Lipinski definition) is 4. The van der Waals surface area contributed by atoms with Gasteiger partial charge in [-0.15, -0.1) is 0 Å². The number of alkyl carbamates (subject to hydrolysis) is 1. The molecule has 0 saturated heterocycles. The third-order valence-corrected chi connectivity index (χ3v) is 9.09. The van der Waals surface area contributed by atoms with E-state index in [1.54, 1.807) is 26.0 Å². The molecule has 0 aromatic rings. The van der Waals surface area contributed by atoms with Gasteiger partial charge < -0.3 is 35.1 Å². The van der Waals surface area contributed by atoms with Crippen LogP contribution in [-0.4, -0.2) is 85.3 Å². The van der Waals surface area contributed by atoms with Gasteiger partial charge in [-0.25, -0.2) is 9.59 Å². The molecule has 13 nitrogen and oxygen atoms in total. The van der Waals surface area contributed by atoms with E-state index in [0.29, 0.717) is 12.0 Å². The van der Waals surface area contributed by atoms with Crippen LogP contribution in [0.15, 0.2) is 58.5 Å². The predicted molar refractivity (Wildman–Crippen MR) is 191 cm³/mol. The van der Waals surface area contributed by atoms with E-state index in [0.717, 1.165) is 37.1 Å². The highest BCUT2D eigenvalue weighted by atomic mass is 79.9. The van der Waals surface area contributed by atoms with Gasteiger partial charge in [0.1, 0.15) is 6.10 Å². The van der Waals surface area contributed by atoms with Gasteiger partial charge in [0, 0.05) is 42.7 Å². The summed E-state index contributed by atoms with van der Waals surface area (Å²) in [5.41, 5.74) is 5.62. The van der Waals surface area contributed by atoms with Crippen molar-refractivity contribution in [2.45, 2.75) is 97.1 Å². The second-order valence-corrected chi connectivity index (χ2v) is 13.4. The fraction of sp³-hybridized carbons (Fsp3) is 0.583. The number of rotatable bonds is 11. The number of alkyl halides is 1. The number of hydrogen-bond acceptors (Lipinski definition) is 10. The molecule has 2 bridgehead atoms. The average Bonchev–Trinajstić information content (AvgIpc) is 3.06. The molecule has 1 heterocycles. The molecule has 1 aliphatic heterocycles. The Hall–Kier alpha value is -3.59. The molecule has 0 radical (unpaired) electrons. The first-order valence-electron chi connectivity index (χ1n) is 16.8. The predicted octanol–water partition coefficient (Wildman–Crippen LogP) is 4.83. The standard InChI is InChI=1S/C36H52BrN3O10/c1-21-17-25-30(40-36(46)49-16-11-9-7-8-10-15-37)27(41)20-26(32(25)43)39-34(44)22(2)13-12-14-28(47-5)33(50-35(38)45)24(4)19-23(3)31(42)29(18-21)48-6/h12-14,19-21,23,28-29,31,33,42H,7-11,15-18H2,1-6H3,(H2,38,45)(H,39,44)(H,40,46)/b14-12-,22-13+,24-19+/t21-,23+,28+,29+,31-,33+/m1/s1. The lowest BCUT2D eigenvalue weighted by molar-refractivity contribution is -0.120. The minimum absolute atomic E-state index is 0.00558. The zero-order chi connectivity index (χ0) is 37.4. The Morgan fingerprint density at radius 3 is 2.38 bits per heavy atom. The number of fused-ring (bicyclic) bond motifs is 2. The van der Waals surface area contributed by atoms with E-state index in [1.165, 1.54) is 33.3 Å². The second-order valence-electron chi connectivity index (χ2n) is 12.6. The number of carbonyl (C=O) groups is 5. The number of aliphatic hydroxyl groups excluding tert-OH is 1. The van der Waals surface area contributed by atoms with Crippen molar-refractivity contribution in [1.82, 2.24) is 10.6 Å². The molecule has 5 N–H and O–H groups in total. The van der Waals surface area contributed by atoms with E-state index in [9.17, 15) is 29.1 Å². The lowest BCUT2D eigenvalue weighted by Crippen LogP contribution is -2.38. The number of ether oxygens (including phenoxy) is 4. The number of unbranched alkanes of at least 4 members (excludes halogenated alkanes) is 4. The Labute approximate surface area is 302 Å². The molecule has 278 valence electrons.